The van der Waals surface area contributed by atoms with Gasteiger partial charge in [-0.25, -0.2) is 0 Å². The van der Waals surface area contributed by atoms with Crippen molar-refractivity contribution in [2.24, 2.45) is 11.7 Å². The molecule has 1 saturated carbocycles. The molecule has 0 aromatic carbocycles. The van der Waals surface area contributed by atoms with Crippen LogP contribution < -0.4 is 5.73 Å². The summed E-state index contributed by atoms with van der Waals surface area (Å²) >= 11 is 0. The SMILES string of the molecule is NCC(OCCC1CC1)c1ccncc1. The van der Waals surface area contributed by atoms with Crippen LogP contribution in [-0.4, -0.2) is 18.1 Å². The molecule has 1 unspecified atom stereocenters. The zero-order valence-corrected chi connectivity index (χ0v) is 8.93. The third-order valence-corrected chi connectivity index (χ3v) is 2.83. The predicted octanol–water partition coefficient (Wildman–Crippen LogP) is 1.90. The van der Waals surface area contributed by atoms with Crippen molar-refractivity contribution >= 4 is 0 Å². The first kappa shape index (κ1) is 10.6. The second-order valence-electron chi connectivity index (χ2n) is 4.11. The van der Waals surface area contributed by atoms with Crippen LogP contribution in [0.15, 0.2) is 24.5 Å². The van der Waals surface area contributed by atoms with E-state index in [1.165, 1.54) is 19.3 Å². The topological polar surface area (TPSA) is 48.1 Å². The van der Waals surface area contributed by atoms with E-state index in [0.717, 1.165) is 18.1 Å². The Hall–Kier alpha value is -0.930. The fraction of sp³-hybridized carbons (Fsp3) is 0.583. The lowest BCUT2D eigenvalue weighted by Gasteiger charge is -2.15. The van der Waals surface area contributed by atoms with Gasteiger partial charge in [0.1, 0.15) is 0 Å². The van der Waals surface area contributed by atoms with Crippen molar-refractivity contribution in [1.82, 2.24) is 4.98 Å². The molecule has 0 radical (unpaired) electrons. The van der Waals surface area contributed by atoms with Gasteiger partial charge in [-0.2, -0.15) is 0 Å². The van der Waals surface area contributed by atoms with E-state index in [2.05, 4.69) is 4.98 Å². The van der Waals surface area contributed by atoms with Crippen LogP contribution >= 0.6 is 0 Å². The van der Waals surface area contributed by atoms with E-state index in [-0.39, 0.29) is 6.10 Å². The van der Waals surface area contributed by atoms with Gasteiger partial charge in [0.25, 0.3) is 0 Å². The number of hydrogen-bond donors (Lipinski definition) is 1. The highest BCUT2D eigenvalue weighted by atomic mass is 16.5. The van der Waals surface area contributed by atoms with Crippen molar-refractivity contribution in [2.45, 2.75) is 25.4 Å². The maximum atomic E-state index is 5.78. The summed E-state index contributed by atoms with van der Waals surface area (Å²) < 4.78 is 5.78. The van der Waals surface area contributed by atoms with Crippen molar-refractivity contribution in [1.29, 1.82) is 0 Å². The number of ether oxygens (including phenoxy) is 1. The summed E-state index contributed by atoms with van der Waals surface area (Å²) in [6.07, 6.45) is 7.54. The van der Waals surface area contributed by atoms with Crippen molar-refractivity contribution in [3.63, 3.8) is 0 Å². The van der Waals surface area contributed by atoms with Gasteiger partial charge in [0.2, 0.25) is 0 Å². The summed E-state index contributed by atoms with van der Waals surface area (Å²) in [5.74, 6) is 0.917. The van der Waals surface area contributed by atoms with Crippen molar-refractivity contribution in [2.75, 3.05) is 13.2 Å². The lowest BCUT2D eigenvalue weighted by atomic mass is 10.1. The van der Waals surface area contributed by atoms with Gasteiger partial charge in [0.15, 0.2) is 0 Å². The summed E-state index contributed by atoms with van der Waals surface area (Å²) in [5, 5.41) is 0. The first-order valence-electron chi connectivity index (χ1n) is 5.61. The molecule has 2 rings (SSSR count). The minimum Gasteiger partial charge on any atom is -0.372 e. The first-order chi connectivity index (χ1) is 7.40. The Kier molecular flexibility index (Phi) is 3.69. The molecule has 1 atom stereocenters. The Morgan fingerprint density at radius 1 is 1.40 bits per heavy atom. The monoisotopic (exact) mass is 206 g/mol. The van der Waals surface area contributed by atoms with E-state index in [4.69, 9.17) is 10.5 Å². The largest absolute Gasteiger partial charge is 0.372 e. The Balaban J connectivity index is 1.80. The molecule has 0 bridgehead atoms. The van der Waals surface area contributed by atoms with Crippen LogP contribution in [0.25, 0.3) is 0 Å². The van der Waals surface area contributed by atoms with E-state index in [1.54, 1.807) is 12.4 Å². The number of pyridine rings is 1. The smallest absolute Gasteiger partial charge is 0.0948 e. The lowest BCUT2D eigenvalue weighted by molar-refractivity contribution is 0.0544. The van der Waals surface area contributed by atoms with Gasteiger partial charge in [-0.3, -0.25) is 4.98 Å². The van der Waals surface area contributed by atoms with Crippen LogP contribution in [0.2, 0.25) is 0 Å². The molecule has 1 aliphatic rings. The molecule has 2 N–H and O–H groups in total. The minimum absolute atomic E-state index is 0.0340. The summed E-state index contributed by atoms with van der Waals surface area (Å²) in [5.41, 5.74) is 6.82. The molecule has 1 fully saturated rings. The highest BCUT2D eigenvalue weighted by Gasteiger charge is 2.21. The summed E-state index contributed by atoms with van der Waals surface area (Å²) in [6.45, 7) is 1.36. The van der Waals surface area contributed by atoms with Crippen molar-refractivity contribution in [3.8, 4) is 0 Å². The van der Waals surface area contributed by atoms with Gasteiger partial charge in [0, 0.05) is 25.5 Å². The molecule has 15 heavy (non-hydrogen) atoms. The molecule has 82 valence electrons. The summed E-state index contributed by atoms with van der Waals surface area (Å²) in [7, 11) is 0. The second kappa shape index (κ2) is 5.24. The Labute approximate surface area is 90.7 Å². The number of aromatic nitrogens is 1. The number of nitrogens with two attached hydrogens (primary N) is 1. The van der Waals surface area contributed by atoms with Crippen LogP contribution in [0.5, 0.6) is 0 Å². The summed E-state index contributed by atoms with van der Waals surface area (Å²) in [4.78, 5) is 3.98. The molecule has 1 heterocycles. The van der Waals surface area contributed by atoms with Crippen molar-refractivity contribution < 1.29 is 4.74 Å². The molecule has 0 saturated heterocycles. The molecule has 0 spiro atoms. The van der Waals surface area contributed by atoms with Gasteiger partial charge < -0.3 is 10.5 Å². The maximum Gasteiger partial charge on any atom is 0.0948 e. The van der Waals surface area contributed by atoms with Crippen LogP contribution in [0.4, 0.5) is 0 Å². The Morgan fingerprint density at radius 2 is 2.13 bits per heavy atom. The van der Waals surface area contributed by atoms with Crippen LogP contribution in [-0.2, 0) is 4.74 Å². The quantitative estimate of drug-likeness (QED) is 0.773. The second-order valence-corrected chi connectivity index (χ2v) is 4.11. The van der Waals surface area contributed by atoms with Crippen LogP contribution in [0.1, 0.15) is 30.9 Å². The van der Waals surface area contributed by atoms with Gasteiger partial charge in [-0.15, -0.1) is 0 Å². The molecule has 3 heteroatoms. The molecular weight excluding hydrogens is 188 g/mol. The van der Waals surface area contributed by atoms with E-state index in [1.807, 2.05) is 12.1 Å². The highest BCUT2D eigenvalue weighted by Crippen LogP contribution is 2.32. The average molecular weight is 206 g/mol. The number of rotatable bonds is 6. The zero-order valence-electron chi connectivity index (χ0n) is 8.93. The highest BCUT2D eigenvalue weighted by molar-refractivity contribution is 5.13. The molecular formula is C12H18N2O. The molecule has 3 nitrogen and oxygen atoms in total. The lowest BCUT2D eigenvalue weighted by Crippen LogP contribution is -2.16. The molecule has 1 aliphatic carbocycles. The van der Waals surface area contributed by atoms with E-state index >= 15 is 0 Å². The van der Waals surface area contributed by atoms with Gasteiger partial charge >= 0.3 is 0 Å². The maximum absolute atomic E-state index is 5.78. The zero-order chi connectivity index (χ0) is 10.5. The first-order valence-corrected chi connectivity index (χ1v) is 5.61. The predicted molar refractivity (Wildman–Crippen MR) is 59.3 cm³/mol. The fourth-order valence-corrected chi connectivity index (χ4v) is 1.66. The number of nitrogens with zero attached hydrogens (tertiary/aromatic N) is 1. The Bertz CT molecular complexity index is 285. The van der Waals surface area contributed by atoms with Gasteiger partial charge in [-0.05, 0) is 30.0 Å². The normalized spacial score (nSPS) is 17.7. The standard InChI is InChI=1S/C12H18N2O/c13-9-12(11-3-6-14-7-4-11)15-8-5-10-1-2-10/h3-4,6-7,10,12H,1-2,5,8-9,13H2. The summed E-state index contributed by atoms with van der Waals surface area (Å²) in [6, 6.07) is 3.93. The third-order valence-electron chi connectivity index (χ3n) is 2.83. The molecule has 1 aromatic heterocycles. The average Bonchev–Trinajstić information content (AvgIpc) is 3.10. The Morgan fingerprint density at radius 3 is 2.73 bits per heavy atom. The van der Waals surface area contributed by atoms with E-state index in [9.17, 15) is 0 Å². The molecule has 0 aliphatic heterocycles. The van der Waals surface area contributed by atoms with E-state index < -0.39 is 0 Å². The molecule has 1 aromatic rings. The third kappa shape index (κ3) is 3.29. The fourth-order valence-electron chi connectivity index (χ4n) is 1.66. The van der Waals surface area contributed by atoms with Gasteiger partial charge in [0.05, 0.1) is 6.10 Å². The number of hydrogen-bond acceptors (Lipinski definition) is 3. The van der Waals surface area contributed by atoms with Gasteiger partial charge in [-0.1, -0.05) is 12.8 Å². The van der Waals surface area contributed by atoms with Crippen molar-refractivity contribution in [3.05, 3.63) is 30.1 Å². The minimum atomic E-state index is 0.0340. The van der Waals surface area contributed by atoms with E-state index in [0.29, 0.717) is 6.54 Å². The van der Waals surface area contributed by atoms with Crippen LogP contribution in [0.3, 0.4) is 0 Å². The van der Waals surface area contributed by atoms with Crippen LogP contribution in [0, 0.1) is 5.92 Å². The molecule has 0 amide bonds.